The van der Waals surface area contributed by atoms with Crippen LogP contribution in [0.3, 0.4) is 0 Å². The van der Waals surface area contributed by atoms with Crippen LogP contribution in [0.4, 0.5) is 0 Å². The summed E-state index contributed by atoms with van der Waals surface area (Å²) in [6.45, 7) is 0. The molecule has 0 aromatic carbocycles. The normalized spacial score (nSPS) is 28.7. The number of hydrazone groups is 1. The second kappa shape index (κ2) is 2.05. The smallest absolute Gasteiger partial charge is 0.263 e. The molecule has 0 aliphatic carbocycles. The number of nitrogens with zero attached hydrogens (tertiary/aromatic N) is 2. The number of hydrogen-bond donors (Lipinski definition) is 1. The van der Waals surface area contributed by atoms with Crippen molar-refractivity contribution in [2.45, 2.75) is 18.9 Å². The molecule has 11 heavy (non-hydrogen) atoms. The molecule has 0 bridgehead atoms. The van der Waals surface area contributed by atoms with Crippen molar-refractivity contribution in [3.05, 3.63) is 0 Å². The largest absolute Gasteiger partial charge is 0.289 e. The fourth-order valence-electron chi connectivity index (χ4n) is 1.33. The third-order valence-corrected chi connectivity index (χ3v) is 1.91. The Balaban J connectivity index is 2.30. The molecule has 2 heterocycles. The Labute approximate surface area is 63.1 Å². The average molecular weight is 153 g/mol. The van der Waals surface area contributed by atoms with Crippen LogP contribution in [-0.2, 0) is 9.59 Å². The summed E-state index contributed by atoms with van der Waals surface area (Å²) >= 11 is 0. The SMILES string of the molecule is O=C1NN=CN2C(=O)CC[C@H]12. The van der Waals surface area contributed by atoms with Gasteiger partial charge in [-0.05, 0) is 6.42 Å². The molecule has 2 rings (SSSR count). The second-order valence-corrected chi connectivity index (χ2v) is 2.58. The molecule has 5 heteroatoms. The van der Waals surface area contributed by atoms with E-state index in [0.717, 1.165) is 0 Å². The van der Waals surface area contributed by atoms with E-state index in [0.29, 0.717) is 12.8 Å². The van der Waals surface area contributed by atoms with Crippen LogP contribution in [0.15, 0.2) is 5.10 Å². The highest BCUT2D eigenvalue weighted by Gasteiger charge is 2.36. The van der Waals surface area contributed by atoms with Crippen LogP contribution in [0.25, 0.3) is 0 Å². The molecule has 0 aromatic heterocycles. The van der Waals surface area contributed by atoms with Gasteiger partial charge in [0.1, 0.15) is 12.4 Å². The van der Waals surface area contributed by atoms with Gasteiger partial charge < -0.3 is 0 Å². The fourth-order valence-corrected chi connectivity index (χ4v) is 1.33. The van der Waals surface area contributed by atoms with Crippen molar-refractivity contribution in [2.24, 2.45) is 5.10 Å². The fraction of sp³-hybridized carbons (Fsp3) is 0.500. The summed E-state index contributed by atoms with van der Waals surface area (Å²) in [5.74, 6) is -0.202. The summed E-state index contributed by atoms with van der Waals surface area (Å²) in [7, 11) is 0. The average Bonchev–Trinajstić information content (AvgIpc) is 2.35. The monoisotopic (exact) mass is 153 g/mol. The summed E-state index contributed by atoms with van der Waals surface area (Å²) < 4.78 is 0. The van der Waals surface area contributed by atoms with Crippen molar-refractivity contribution < 1.29 is 9.59 Å². The number of fused-ring (bicyclic) bond motifs is 1. The molecule has 0 saturated carbocycles. The standard InChI is InChI=1S/C6H7N3O2/c10-5-2-1-4-6(11)8-7-3-9(4)5/h3-4H,1-2H2,(H,8,11)/t4-/m1/s1. The molecular weight excluding hydrogens is 146 g/mol. The first-order valence-corrected chi connectivity index (χ1v) is 3.43. The van der Waals surface area contributed by atoms with Crippen LogP contribution < -0.4 is 5.43 Å². The minimum Gasteiger partial charge on any atom is -0.289 e. The van der Waals surface area contributed by atoms with Crippen molar-refractivity contribution in [2.75, 3.05) is 0 Å². The molecule has 58 valence electrons. The van der Waals surface area contributed by atoms with Gasteiger partial charge in [0, 0.05) is 6.42 Å². The van der Waals surface area contributed by atoms with E-state index >= 15 is 0 Å². The van der Waals surface area contributed by atoms with Gasteiger partial charge in [-0.3, -0.25) is 14.5 Å². The third-order valence-electron chi connectivity index (χ3n) is 1.91. The van der Waals surface area contributed by atoms with Crippen molar-refractivity contribution >= 4 is 18.2 Å². The molecule has 1 N–H and O–H groups in total. The molecule has 2 amide bonds. The van der Waals surface area contributed by atoms with Gasteiger partial charge in [0.15, 0.2) is 0 Å². The predicted octanol–water partition coefficient (Wildman–Crippen LogP) is -0.950. The number of nitrogens with one attached hydrogen (secondary N) is 1. The Bertz CT molecular complexity index is 248. The molecule has 2 aliphatic rings. The summed E-state index contributed by atoms with van der Waals surface area (Å²) in [6, 6.07) is -0.306. The zero-order valence-electron chi connectivity index (χ0n) is 5.78. The third kappa shape index (κ3) is 0.806. The molecule has 1 saturated heterocycles. The Morgan fingerprint density at radius 2 is 2.45 bits per heavy atom. The first-order valence-electron chi connectivity index (χ1n) is 3.43. The molecule has 0 aromatic rings. The number of amides is 2. The highest BCUT2D eigenvalue weighted by molar-refractivity contribution is 5.99. The molecular formula is C6H7N3O2. The van der Waals surface area contributed by atoms with Crippen molar-refractivity contribution in [1.29, 1.82) is 0 Å². The molecule has 0 unspecified atom stereocenters. The first-order chi connectivity index (χ1) is 5.29. The Morgan fingerprint density at radius 1 is 1.64 bits per heavy atom. The van der Waals surface area contributed by atoms with E-state index < -0.39 is 0 Å². The lowest BCUT2D eigenvalue weighted by Gasteiger charge is -2.21. The molecule has 0 spiro atoms. The van der Waals surface area contributed by atoms with Gasteiger partial charge in [-0.25, -0.2) is 5.43 Å². The van der Waals surface area contributed by atoms with Crippen LogP contribution in [-0.4, -0.2) is 29.1 Å². The maximum absolute atomic E-state index is 11.0. The van der Waals surface area contributed by atoms with E-state index in [1.807, 2.05) is 0 Å². The minimum atomic E-state index is -0.306. The van der Waals surface area contributed by atoms with E-state index in [2.05, 4.69) is 10.5 Å². The van der Waals surface area contributed by atoms with Gasteiger partial charge in [0.05, 0.1) is 0 Å². The van der Waals surface area contributed by atoms with E-state index in [9.17, 15) is 9.59 Å². The van der Waals surface area contributed by atoms with Gasteiger partial charge in [0.25, 0.3) is 5.91 Å². The van der Waals surface area contributed by atoms with Gasteiger partial charge >= 0.3 is 0 Å². The van der Waals surface area contributed by atoms with E-state index in [4.69, 9.17) is 0 Å². The summed E-state index contributed by atoms with van der Waals surface area (Å²) in [6.07, 6.45) is 2.43. The van der Waals surface area contributed by atoms with Gasteiger partial charge in [-0.2, -0.15) is 5.10 Å². The number of carbonyl (C=O) groups excluding carboxylic acids is 2. The number of rotatable bonds is 0. The van der Waals surface area contributed by atoms with Crippen LogP contribution >= 0.6 is 0 Å². The van der Waals surface area contributed by atoms with E-state index in [-0.39, 0.29) is 17.9 Å². The lowest BCUT2D eigenvalue weighted by molar-refractivity contribution is -0.132. The highest BCUT2D eigenvalue weighted by atomic mass is 16.2. The minimum absolute atomic E-state index is 0.0198. The second-order valence-electron chi connectivity index (χ2n) is 2.58. The van der Waals surface area contributed by atoms with Crippen molar-refractivity contribution in [1.82, 2.24) is 10.3 Å². The molecule has 1 fully saturated rings. The lowest BCUT2D eigenvalue weighted by atomic mass is 10.2. The van der Waals surface area contributed by atoms with Gasteiger partial charge in [-0.15, -0.1) is 0 Å². The van der Waals surface area contributed by atoms with Crippen LogP contribution in [0.2, 0.25) is 0 Å². The first kappa shape index (κ1) is 6.33. The Kier molecular flexibility index (Phi) is 1.18. The molecule has 1 atom stereocenters. The van der Waals surface area contributed by atoms with E-state index in [1.165, 1.54) is 11.2 Å². The topological polar surface area (TPSA) is 61.8 Å². The van der Waals surface area contributed by atoms with Gasteiger partial charge in [0.2, 0.25) is 5.91 Å². The zero-order chi connectivity index (χ0) is 7.84. The number of hydrogen-bond acceptors (Lipinski definition) is 3. The van der Waals surface area contributed by atoms with Crippen LogP contribution in [0, 0.1) is 0 Å². The van der Waals surface area contributed by atoms with Crippen molar-refractivity contribution in [3.63, 3.8) is 0 Å². The maximum atomic E-state index is 11.0. The molecule has 2 aliphatic heterocycles. The number of carbonyl (C=O) groups is 2. The Morgan fingerprint density at radius 3 is 3.18 bits per heavy atom. The maximum Gasteiger partial charge on any atom is 0.263 e. The predicted molar refractivity (Wildman–Crippen MR) is 36.5 cm³/mol. The summed E-state index contributed by atoms with van der Waals surface area (Å²) in [5, 5.41) is 3.53. The van der Waals surface area contributed by atoms with Gasteiger partial charge in [-0.1, -0.05) is 0 Å². The molecule has 0 radical (unpaired) electrons. The van der Waals surface area contributed by atoms with Crippen molar-refractivity contribution in [3.8, 4) is 0 Å². The highest BCUT2D eigenvalue weighted by Crippen LogP contribution is 2.18. The quantitative estimate of drug-likeness (QED) is 0.487. The van der Waals surface area contributed by atoms with Crippen LogP contribution in [0.1, 0.15) is 12.8 Å². The zero-order valence-corrected chi connectivity index (χ0v) is 5.78. The van der Waals surface area contributed by atoms with E-state index in [1.54, 1.807) is 0 Å². The molecule has 5 nitrogen and oxygen atoms in total. The Hall–Kier alpha value is -1.39. The summed E-state index contributed by atoms with van der Waals surface area (Å²) in [4.78, 5) is 23.4. The lowest BCUT2D eigenvalue weighted by Crippen LogP contribution is -2.46. The summed E-state index contributed by atoms with van der Waals surface area (Å²) in [5.41, 5.74) is 2.31. The van der Waals surface area contributed by atoms with Crippen LogP contribution in [0.5, 0.6) is 0 Å².